The molecule has 3 N–H and O–H groups in total. The van der Waals surface area contributed by atoms with Crippen LogP contribution in [0.15, 0.2) is 54.7 Å². The highest BCUT2D eigenvalue weighted by atomic mass is 35.5. The Hall–Kier alpha value is -4.15. The molecule has 0 bridgehead atoms. The summed E-state index contributed by atoms with van der Waals surface area (Å²) < 4.78 is 10.7. The van der Waals surface area contributed by atoms with E-state index in [1.54, 1.807) is 48.5 Å². The minimum Gasteiger partial charge on any atom is -0.484 e. The van der Waals surface area contributed by atoms with Gasteiger partial charge >= 0.3 is 0 Å². The molecule has 4 amide bonds. The number of amides is 4. The molecule has 35 heavy (non-hydrogen) atoms. The van der Waals surface area contributed by atoms with Crippen molar-refractivity contribution in [2.75, 3.05) is 23.8 Å². The number of halogens is 2. The van der Waals surface area contributed by atoms with Gasteiger partial charge in [-0.1, -0.05) is 23.2 Å². The highest BCUT2D eigenvalue weighted by molar-refractivity contribution is 6.31. The van der Waals surface area contributed by atoms with Crippen molar-refractivity contribution in [3.8, 4) is 11.5 Å². The van der Waals surface area contributed by atoms with Crippen molar-refractivity contribution >= 4 is 58.3 Å². The van der Waals surface area contributed by atoms with Crippen LogP contribution in [0.3, 0.4) is 0 Å². The Kier molecular flexibility index (Phi) is 7.14. The van der Waals surface area contributed by atoms with Crippen LogP contribution >= 0.6 is 23.2 Å². The summed E-state index contributed by atoms with van der Waals surface area (Å²) in [4.78, 5) is 53.4. The number of nitrogens with zero attached hydrogens (tertiary/aromatic N) is 1. The van der Waals surface area contributed by atoms with Crippen molar-refractivity contribution in [2.45, 2.75) is 0 Å². The zero-order chi connectivity index (χ0) is 24.9. The zero-order valence-corrected chi connectivity index (χ0v) is 19.3. The second-order valence-electron chi connectivity index (χ2n) is 7.14. The van der Waals surface area contributed by atoms with Crippen LogP contribution in [-0.4, -0.2) is 41.8 Å². The molecule has 4 rings (SSSR count). The van der Waals surface area contributed by atoms with Crippen molar-refractivity contribution in [3.05, 3.63) is 75.9 Å². The van der Waals surface area contributed by atoms with Gasteiger partial charge < -0.3 is 20.1 Å². The first-order chi connectivity index (χ1) is 16.8. The Morgan fingerprint density at radius 3 is 1.80 bits per heavy atom. The standard InChI is InChI=1S/C23H16Cl2N4O6/c24-12-1-5-14(6-2-12)34-10-17(30)27-16-9-26-21(20-19(16)22(32)29-23(20)33)28-18(31)11-35-15-7-3-13(25)4-8-15/h1-9H,10-11H2,(H,27,30)(H,26,28,31)(H,29,32,33). The summed E-state index contributed by atoms with van der Waals surface area (Å²) >= 11 is 11.6. The van der Waals surface area contributed by atoms with Gasteiger partial charge in [0.15, 0.2) is 13.2 Å². The molecule has 0 saturated heterocycles. The number of fused-ring (bicyclic) bond motifs is 1. The summed E-state index contributed by atoms with van der Waals surface area (Å²) in [5.74, 6) is -2.04. The predicted octanol–water partition coefficient (Wildman–Crippen LogP) is 3.31. The lowest BCUT2D eigenvalue weighted by Gasteiger charge is -2.12. The first-order valence-electron chi connectivity index (χ1n) is 10.1. The molecular weight excluding hydrogens is 499 g/mol. The van der Waals surface area contributed by atoms with Crippen LogP contribution < -0.4 is 25.4 Å². The number of pyridine rings is 1. The first kappa shape index (κ1) is 24.0. The van der Waals surface area contributed by atoms with Gasteiger partial charge in [0, 0.05) is 10.0 Å². The Balaban J connectivity index is 1.44. The number of aromatic nitrogens is 1. The van der Waals surface area contributed by atoms with Gasteiger partial charge in [0.1, 0.15) is 17.3 Å². The third-order valence-electron chi connectivity index (χ3n) is 4.66. The van der Waals surface area contributed by atoms with E-state index in [2.05, 4.69) is 20.9 Å². The molecule has 0 radical (unpaired) electrons. The lowest BCUT2D eigenvalue weighted by atomic mass is 10.1. The summed E-state index contributed by atoms with van der Waals surface area (Å²) in [6.45, 7) is -0.749. The number of benzene rings is 2. The maximum absolute atomic E-state index is 12.4. The van der Waals surface area contributed by atoms with Crippen molar-refractivity contribution in [1.29, 1.82) is 0 Å². The first-order valence-corrected chi connectivity index (χ1v) is 10.8. The topological polar surface area (TPSA) is 136 Å². The summed E-state index contributed by atoms with van der Waals surface area (Å²) in [6.07, 6.45) is 1.16. The molecule has 178 valence electrons. The second kappa shape index (κ2) is 10.4. The van der Waals surface area contributed by atoms with Crippen LogP contribution in [0, 0.1) is 0 Å². The van der Waals surface area contributed by atoms with E-state index >= 15 is 0 Å². The van der Waals surface area contributed by atoms with Crippen molar-refractivity contribution in [3.63, 3.8) is 0 Å². The van der Waals surface area contributed by atoms with E-state index in [0.29, 0.717) is 21.5 Å². The maximum Gasteiger partial charge on any atom is 0.263 e. The number of imide groups is 1. The number of anilines is 2. The highest BCUT2D eigenvalue weighted by Crippen LogP contribution is 2.29. The summed E-state index contributed by atoms with van der Waals surface area (Å²) in [5.41, 5.74) is -0.312. The van der Waals surface area contributed by atoms with Gasteiger partial charge in [-0.05, 0) is 48.5 Å². The Bertz CT molecular complexity index is 1210. The molecule has 1 aromatic heterocycles. The molecule has 12 heteroatoms. The van der Waals surface area contributed by atoms with Gasteiger partial charge in [0.2, 0.25) is 0 Å². The SMILES string of the molecule is O=C(COc1ccc(Cl)cc1)Nc1cnc(NC(=O)COc2ccc(Cl)cc2)c2c1C(=O)NC2=O. The van der Waals surface area contributed by atoms with E-state index < -0.39 is 23.6 Å². The largest absolute Gasteiger partial charge is 0.484 e. The Morgan fingerprint density at radius 2 is 1.26 bits per heavy atom. The molecule has 0 saturated carbocycles. The summed E-state index contributed by atoms with van der Waals surface area (Å²) in [7, 11) is 0. The third kappa shape index (κ3) is 5.86. The summed E-state index contributed by atoms with van der Waals surface area (Å²) in [5, 5.41) is 8.10. The van der Waals surface area contributed by atoms with Gasteiger partial charge in [-0.3, -0.25) is 24.5 Å². The van der Waals surface area contributed by atoms with E-state index in [1.807, 2.05) is 0 Å². The quantitative estimate of drug-likeness (QED) is 0.392. The lowest BCUT2D eigenvalue weighted by molar-refractivity contribution is -0.118. The molecule has 1 aliphatic heterocycles. The Labute approximate surface area is 208 Å². The molecular formula is C23H16Cl2N4O6. The number of rotatable bonds is 8. The van der Waals surface area contributed by atoms with Crippen LogP contribution in [0.2, 0.25) is 10.0 Å². The van der Waals surface area contributed by atoms with Crippen LogP contribution in [0.5, 0.6) is 11.5 Å². The van der Waals surface area contributed by atoms with E-state index in [4.69, 9.17) is 32.7 Å². The fourth-order valence-electron chi connectivity index (χ4n) is 3.10. The number of carbonyl (C=O) groups is 4. The molecule has 2 heterocycles. The highest BCUT2D eigenvalue weighted by Gasteiger charge is 2.34. The molecule has 1 aliphatic rings. The van der Waals surface area contributed by atoms with Gasteiger partial charge in [-0.25, -0.2) is 4.98 Å². The average Bonchev–Trinajstić information content (AvgIpc) is 3.14. The molecule has 0 aliphatic carbocycles. The number of carbonyl (C=O) groups excluding carboxylic acids is 4. The van der Waals surface area contributed by atoms with Gasteiger partial charge in [-0.15, -0.1) is 0 Å². The molecule has 0 spiro atoms. The zero-order valence-electron chi connectivity index (χ0n) is 17.8. The van der Waals surface area contributed by atoms with E-state index in [1.165, 1.54) is 0 Å². The number of ether oxygens (including phenoxy) is 2. The van der Waals surface area contributed by atoms with Gasteiger partial charge in [0.25, 0.3) is 23.6 Å². The van der Waals surface area contributed by atoms with E-state index in [-0.39, 0.29) is 35.8 Å². The van der Waals surface area contributed by atoms with Crippen LogP contribution in [0.25, 0.3) is 0 Å². The van der Waals surface area contributed by atoms with Gasteiger partial charge in [0.05, 0.1) is 23.0 Å². The van der Waals surface area contributed by atoms with Crippen molar-refractivity contribution in [1.82, 2.24) is 10.3 Å². The molecule has 0 atom stereocenters. The maximum atomic E-state index is 12.4. The molecule has 0 fully saturated rings. The van der Waals surface area contributed by atoms with E-state index in [9.17, 15) is 19.2 Å². The number of nitrogens with one attached hydrogen (secondary N) is 3. The lowest BCUT2D eigenvalue weighted by Crippen LogP contribution is -2.24. The predicted molar refractivity (Wildman–Crippen MR) is 127 cm³/mol. The van der Waals surface area contributed by atoms with Gasteiger partial charge in [-0.2, -0.15) is 0 Å². The minimum atomic E-state index is -0.764. The third-order valence-corrected chi connectivity index (χ3v) is 5.16. The van der Waals surface area contributed by atoms with Crippen LogP contribution in [0.1, 0.15) is 20.7 Å². The molecule has 2 aromatic carbocycles. The monoisotopic (exact) mass is 514 g/mol. The number of hydrogen-bond donors (Lipinski definition) is 3. The fourth-order valence-corrected chi connectivity index (χ4v) is 3.35. The minimum absolute atomic E-state index is 0.0107. The molecule has 10 nitrogen and oxygen atoms in total. The van der Waals surface area contributed by atoms with Crippen LogP contribution in [0.4, 0.5) is 11.5 Å². The Morgan fingerprint density at radius 1 is 0.771 bits per heavy atom. The van der Waals surface area contributed by atoms with Crippen molar-refractivity contribution < 1.29 is 28.7 Å². The normalized spacial score (nSPS) is 11.9. The molecule has 0 unspecified atom stereocenters. The average molecular weight is 515 g/mol. The smallest absolute Gasteiger partial charge is 0.263 e. The number of hydrogen-bond acceptors (Lipinski definition) is 7. The van der Waals surface area contributed by atoms with E-state index in [0.717, 1.165) is 6.20 Å². The summed E-state index contributed by atoms with van der Waals surface area (Å²) in [6, 6.07) is 12.8. The van der Waals surface area contributed by atoms with Crippen LogP contribution in [-0.2, 0) is 9.59 Å². The fraction of sp³-hybridized carbons (Fsp3) is 0.0870. The van der Waals surface area contributed by atoms with Crippen molar-refractivity contribution in [2.24, 2.45) is 0 Å². The second-order valence-corrected chi connectivity index (χ2v) is 8.01. The molecule has 3 aromatic rings.